The van der Waals surface area contributed by atoms with Gasteiger partial charge < -0.3 is 5.32 Å². The molecule has 0 spiro atoms. The number of halogens is 2. The van der Waals surface area contributed by atoms with Gasteiger partial charge in [0.25, 0.3) is 0 Å². The van der Waals surface area contributed by atoms with E-state index in [0.717, 1.165) is 26.0 Å². The summed E-state index contributed by atoms with van der Waals surface area (Å²) in [7, 11) is 0. The predicted octanol–water partition coefficient (Wildman–Crippen LogP) is 5.81. The van der Waals surface area contributed by atoms with E-state index in [-0.39, 0.29) is 0 Å². The van der Waals surface area contributed by atoms with E-state index in [9.17, 15) is 0 Å². The van der Waals surface area contributed by atoms with Gasteiger partial charge in [-0.1, -0.05) is 28.1 Å². The van der Waals surface area contributed by atoms with Crippen molar-refractivity contribution in [2.24, 2.45) is 0 Å². The van der Waals surface area contributed by atoms with Crippen LogP contribution < -0.4 is 5.32 Å². The summed E-state index contributed by atoms with van der Waals surface area (Å²) in [5.74, 6) is 0.849. The average Bonchev–Trinajstić information content (AvgIpc) is 2.43. The average molecular weight is 392 g/mol. The molecule has 20 heavy (non-hydrogen) atoms. The Morgan fingerprint density at radius 1 is 0.950 bits per heavy atom. The number of aromatic nitrogens is 1. The Morgan fingerprint density at radius 3 is 2.50 bits per heavy atom. The molecule has 100 valence electrons. The van der Waals surface area contributed by atoms with Gasteiger partial charge in [0, 0.05) is 20.8 Å². The molecule has 3 aromatic rings. The summed E-state index contributed by atoms with van der Waals surface area (Å²) in [4.78, 5) is 4.36. The number of nitrogens with zero attached hydrogens (tertiary/aromatic N) is 1. The van der Waals surface area contributed by atoms with Crippen LogP contribution in [0.3, 0.4) is 0 Å². The number of fused-ring (bicyclic) bond motifs is 1. The molecule has 0 fully saturated rings. The summed E-state index contributed by atoms with van der Waals surface area (Å²) < 4.78 is 2.11. The maximum Gasteiger partial charge on any atom is 0.130 e. The quantitative estimate of drug-likeness (QED) is 0.595. The van der Waals surface area contributed by atoms with E-state index >= 15 is 0 Å². The molecule has 4 heteroatoms. The topological polar surface area (TPSA) is 24.9 Å². The van der Waals surface area contributed by atoms with E-state index in [4.69, 9.17) is 0 Å². The van der Waals surface area contributed by atoms with Crippen molar-refractivity contribution >= 4 is 54.1 Å². The van der Waals surface area contributed by atoms with E-state index in [1.807, 2.05) is 18.3 Å². The predicted molar refractivity (Wildman–Crippen MR) is 91.6 cm³/mol. The first kappa shape index (κ1) is 13.6. The molecule has 0 radical (unpaired) electrons. The highest BCUT2D eigenvalue weighted by Gasteiger charge is 2.01. The van der Waals surface area contributed by atoms with Crippen molar-refractivity contribution in [1.82, 2.24) is 4.98 Å². The summed E-state index contributed by atoms with van der Waals surface area (Å²) in [6.45, 7) is 2.05. The monoisotopic (exact) mass is 390 g/mol. The molecule has 0 amide bonds. The molecule has 3 rings (SSSR count). The van der Waals surface area contributed by atoms with E-state index in [1.54, 1.807) is 0 Å². The Labute approximate surface area is 134 Å². The second-order valence-electron chi connectivity index (χ2n) is 4.65. The van der Waals surface area contributed by atoms with Gasteiger partial charge in [-0.25, -0.2) is 4.98 Å². The molecule has 0 aliphatic carbocycles. The number of pyridine rings is 1. The summed E-state index contributed by atoms with van der Waals surface area (Å²) in [6, 6.07) is 14.6. The minimum atomic E-state index is 0.849. The fourth-order valence-electron chi connectivity index (χ4n) is 2.05. The fraction of sp³-hybridized carbons (Fsp3) is 0.0625. The Kier molecular flexibility index (Phi) is 3.76. The van der Waals surface area contributed by atoms with Crippen LogP contribution in [-0.2, 0) is 0 Å². The zero-order chi connectivity index (χ0) is 14.1. The summed E-state index contributed by atoms with van der Waals surface area (Å²) >= 11 is 6.95. The number of hydrogen-bond donors (Lipinski definition) is 1. The molecule has 0 bridgehead atoms. The standard InChI is InChI=1S/C16H12Br2N2/c1-10-6-16(19-9-15(10)18)20-14-5-3-11-7-13(17)4-2-12(11)8-14/h2-9H,1H3,(H,19,20). The Bertz CT molecular complexity index is 785. The number of hydrogen-bond acceptors (Lipinski definition) is 2. The van der Waals surface area contributed by atoms with E-state index in [2.05, 4.69) is 79.4 Å². The third-order valence-corrected chi connectivity index (χ3v) is 4.45. The first-order valence-electron chi connectivity index (χ1n) is 6.20. The minimum Gasteiger partial charge on any atom is -0.340 e. The van der Waals surface area contributed by atoms with Gasteiger partial charge >= 0.3 is 0 Å². The van der Waals surface area contributed by atoms with Gasteiger partial charge in [-0.3, -0.25) is 0 Å². The minimum absolute atomic E-state index is 0.849. The van der Waals surface area contributed by atoms with E-state index in [0.29, 0.717) is 0 Å². The highest BCUT2D eigenvalue weighted by atomic mass is 79.9. The van der Waals surface area contributed by atoms with Crippen LogP contribution in [0, 0.1) is 6.92 Å². The van der Waals surface area contributed by atoms with Crippen molar-refractivity contribution in [3.05, 3.63) is 63.2 Å². The normalized spacial score (nSPS) is 10.8. The zero-order valence-corrected chi connectivity index (χ0v) is 14.0. The van der Waals surface area contributed by atoms with Crippen LogP contribution in [0.1, 0.15) is 5.56 Å². The Morgan fingerprint density at radius 2 is 1.70 bits per heavy atom. The van der Waals surface area contributed by atoms with E-state index < -0.39 is 0 Å². The lowest BCUT2D eigenvalue weighted by atomic mass is 10.1. The number of nitrogens with one attached hydrogen (secondary N) is 1. The maximum atomic E-state index is 4.36. The molecule has 1 N–H and O–H groups in total. The molecule has 2 aromatic carbocycles. The highest BCUT2D eigenvalue weighted by Crippen LogP contribution is 2.25. The Balaban J connectivity index is 1.94. The second-order valence-corrected chi connectivity index (χ2v) is 6.42. The molecule has 0 unspecified atom stereocenters. The zero-order valence-electron chi connectivity index (χ0n) is 10.8. The number of aryl methyl sites for hydroxylation is 1. The lowest BCUT2D eigenvalue weighted by Gasteiger charge is -2.08. The molecule has 2 nitrogen and oxygen atoms in total. The summed E-state index contributed by atoms with van der Waals surface area (Å²) in [5, 5.41) is 5.75. The van der Waals surface area contributed by atoms with Gasteiger partial charge in [-0.2, -0.15) is 0 Å². The Hall–Kier alpha value is -1.39. The lowest BCUT2D eigenvalue weighted by molar-refractivity contribution is 1.25. The third kappa shape index (κ3) is 2.86. The third-order valence-electron chi connectivity index (χ3n) is 3.12. The lowest BCUT2D eigenvalue weighted by Crippen LogP contribution is -1.94. The van der Waals surface area contributed by atoms with Crippen molar-refractivity contribution in [2.75, 3.05) is 5.32 Å². The largest absolute Gasteiger partial charge is 0.340 e. The van der Waals surface area contributed by atoms with E-state index in [1.165, 1.54) is 10.8 Å². The second kappa shape index (κ2) is 5.54. The smallest absolute Gasteiger partial charge is 0.130 e. The molecular formula is C16H12Br2N2. The number of benzene rings is 2. The van der Waals surface area contributed by atoms with Gasteiger partial charge in [0.2, 0.25) is 0 Å². The SMILES string of the molecule is Cc1cc(Nc2ccc3cc(Br)ccc3c2)ncc1Br. The molecule has 1 heterocycles. The molecule has 0 saturated heterocycles. The first-order valence-corrected chi connectivity index (χ1v) is 7.79. The van der Waals surface area contributed by atoms with Crippen LogP contribution in [-0.4, -0.2) is 4.98 Å². The molecule has 0 atom stereocenters. The number of anilines is 2. The molecule has 0 saturated carbocycles. The van der Waals surface area contributed by atoms with Crippen molar-refractivity contribution in [3.8, 4) is 0 Å². The molecule has 0 aliphatic rings. The first-order chi connectivity index (χ1) is 9.61. The van der Waals surface area contributed by atoms with Crippen LogP contribution in [0.2, 0.25) is 0 Å². The van der Waals surface area contributed by atoms with Crippen LogP contribution >= 0.6 is 31.9 Å². The van der Waals surface area contributed by atoms with Crippen LogP contribution in [0.25, 0.3) is 10.8 Å². The molecule has 0 aliphatic heterocycles. The highest BCUT2D eigenvalue weighted by molar-refractivity contribution is 9.10. The number of rotatable bonds is 2. The van der Waals surface area contributed by atoms with Crippen molar-refractivity contribution in [2.45, 2.75) is 6.92 Å². The van der Waals surface area contributed by atoms with Gasteiger partial charge in [0.15, 0.2) is 0 Å². The van der Waals surface area contributed by atoms with Crippen molar-refractivity contribution < 1.29 is 0 Å². The molecule has 1 aromatic heterocycles. The van der Waals surface area contributed by atoms with Crippen LogP contribution in [0.4, 0.5) is 11.5 Å². The van der Waals surface area contributed by atoms with Crippen molar-refractivity contribution in [3.63, 3.8) is 0 Å². The van der Waals surface area contributed by atoms with Gasteiger partial charge in [0.05, 0.1) is 0 Å². The molecular weight excluding hydrogens is 380 g/mol. The van der Waals surface area contributed by atoms with Crippen LogP contribution in [0.5, 0.6) is 0 Å². The summed E-state index contributed by atoms with van der Waals surface area (Å²) in [6.07, 6.45) is 1.82. The fourth-order valence-corrected chi connectivity index (χ4v) is 2.65. The summed E-state index contributed by atoms with van der Waals surface area (Å²) in [5.41, 5.74) is 2.20. The van der Waals surface area contributed by atoms with Gasteiger partial charge in [0.1, 0.15) is 5.82 Å². The van der Waals surface area contributed by atoms with Gasteiger partial charge in [-0.15, -0.1) is 0 Å². The van der Waals surface area contributed by atoms with Crippen molar-refractivity contribution in [1.29, 1.82) is 0 Å². The maximum absolute atomic E-state index is 4.36. The van der Waals surface area contributed by atoms with Gasteiger partial charge in [-0.05, 0) is 69.5 Å². The van der Waals surface area contributed by atoms with Crippen LogP contribution in [0.15, 0.2) is 57.6 Å².